The summed E-state index contributed by atoms with van der Waals surface area (Å²) in [6.07, 6.45) is 0.452. The van der Waals surface area contributed by atoms with Crippen LogP contribution in [0.5, 0.6) is 0 Å². The topological polar surface area (TPSA) is 25.8 Å². The number of hydrogen-bond acceptors (Lipinski definition) is 2. The molecule has 1 rings (SSSR count). The SMILES string of the molecule is CCc1nc(Cl)nc(Cl)c1F. The van der Waals surface area contributed by atoms with Crippen LogP contribution in [0.15, 0.2) is 0 Å². The Morgan fingerprint density at radius 3 is 2.55 bits per heavy atom. The highest BCUT2D eigenvalue weighted by Gasteiger charge is 2.09. The Labute approximate surface area is 73.4 Å². The molecule has 0 amide bonds. The van der Waals surface area contributed by atoms with Gasteiger partial charge in [-0.05, 0) is 18.0 Å². The minimum absolute atomic E-state index is 0.0201. The van der Waals surface area contributed by atoms with Gasteiger partial charge in [-0.15, -0.1) is 0 Å². The van der Waals surface area contributed by atoms with Crippen molar-refractivity contribution < 1.29 is 4.39 Å². The minimum atomic E-state index is -0.585. The Kier molecular flexibility index (Phi) is 2.62. The standard InChI is InChI=1S/C6H5Cl2FN2/c1-2-3-4(9)5(7)11-6(8)10-3/h2H2,1H3. The lowest BCUT2D eigenvalue weighted by atomic mass is 10.3. The van der Waals surface area contributed by atoms with Crippen molar-refractivity contribution in [2.75, 3.05) is 0 Å². The van der Waals surface area contributed by atoms with Crippen molar-refractivity contribution in [3.63, 3.8) is 0 Å². The minimum Gasteiger partial charge on any atom is -0.220 e. The van der Waals surface area contributed by atoms with E-state index in [1.165, 1.54) is 0 Å². The van der Waals surface area contributed by atoms with Gasteiger partial charge in [0.25, 0.3) is 0 Å². The Bertz CT molecular complexity index is 278. The first-order valence-electron chi connectivity index (χ1n) is 3.02. The van der Waals surface area contributed by atoms with Crippen LogP contribution in [-0.2, 0) is 6.42 Å². The maximum atomic E-state index is 12.9. The largest absolute Gasteiger partial charge is 0.224 e. The van der Waals surface area contributed by atoms with Crippen molar-refractivity contribution >= 4 is 23.2 Å². The summed E-state index contributed by atoms with van der Waals surface area (Å²) in [5.74, 6) is -0.585. The summed E-state index contributed by atoms with van der Waals surface area (Å²) < 4.78 is 12.9. The van der Waals surface area contributed by atoms with Gasteiger partial charge in [0.1, 0.15) is 0 Å². The first-order valence-corrected chi connectivity index (χ1v) is 3.78. The third-order valence-electron chi connectivity index (χ3n) is 1.19. The quantitative estimate of drug-likeness (QED) is 0.508. The van der Waals surface area contributed by atoms with Gasteiger partial charge in [-0.25, -0.2) is 14.4 Å². The summed E-state index contributed by atoms with van der Waals surface area (Å²) in [4.78, 5) is 7.07. The van der Waals surface area contributed by atoms with Crippen LogP contribution in [0.25, 0.3) is 0 Å². The van der Waals surface area contributed by atoms with Crippen molar-refractivity contribution in [3.05, 3.63) is 21.9 Å². The highest BCUT2D eigenvalue weighted by molar-refractivity contribution is 6.31. The number of aryl methyl sites for hydroxylation is 1. The Morgan fingerprint density at radius 1 is 1.36 bits per heavy atom. The van der Waals surface area contributed by atoms with E-state index in [-0.39, 0.29) is 16.1 Å². The number of halogens is 3. The van der Waals surface area contributed by atoms with Crippen LogP contribution >= 0.6 is 23.2 Å². The number of rotatable bonds is 1. The molecule has 0 radical (unpaired) electrons. The Hall–Kier alpha value is -0.410. The van der Waals surface area contributed by atoms with Crippen molar-refractivity contribution in [1.29, 1.82) is 0 Å². The average Bonchev–Trinajstić information content (AvgIpc) is 1.96. The monoisotopic (exact) mass is 194 g/mol. The third kappa shape index (κ3) is 1.79. The van der Waals surface area contributed by atoms with Crippen LogP contribution in [0.4, 0.5) is 4.39 Å². The molecule has 0 fully saturated rings. The maximum absolute atomic E-state index is 12.9. The van der Waals surface area contributed by atoms with Crippen molar-refractivity contribution in [3.8, 4) is 0 Å². The normalized spacial score (nSPS) is 10.2. The Balaban J connectivity index is 3.24. The fraction of sp³-hybridized carbons (Fsp3) is 0.333. The summed E-state index contributed by atoms with van der Waals surface area (Å²) in [5, 5.41) is -0.241. The zero-order chi connectivity index (χ0) is 8.43. The number of hydrogen-bond donors (Lipinski definition) is 0. The molecule has 0 aliphatic carbocycles. The predicted molar refractivity (Wildman–Crippen MR) is 41.4 cm³/mol. The molecule has 0 aliphatic heterocycles. The maximum Gasteiger partial charge on any atom is 0.224 e. The first-order chi connectivity index (χ1) is 5.15. The summed E-state index contributed by atoms with van der Waals surface area (Å²) in [7, 11) is 0. The average molecular weight is 195 g/mol. The second-order valence-electron chi connectivity index (χ2n) is 1.90. The van der Waals surface area contributed by atoms with E-state index in [2.05, 4.69) is 9.97 Å². The van der Waals surface area contributed by atoms with E-state index in [1.807, 2.05) is 0 Å². The molecule has 2 nitrogen and oxygen atoms in total. The molecule has 0 saturated heterocycles. The molecule has 0 N–H and O–H groups in total. The van der Waals surface area contributed by atoms with E-state index in [9.17, 15) is 4.39 Å². The molecule has 0 atom stereocenters. The zero-order valence-corrected chi connectivity index (χ0v) is 7.25. The molecule has 0 aliphatic rings. The number of aromatic nitrogens is 2. The van der Waals surface area contributed by atoms with E-state index in [0.29, 0.717) is 6.42 Å². The van der Waals surface area contributed by atoms with Crippen LogP contribution in [0.1, 0.15) is 12.6 Å². The van der Waals surface area contributed by atoms with Crippen LogP contribution in [0.2, 0.25) is 10.4 Å². The lowest BCUT2D eigenvalue weighted by Crippen LogP contribution is -1.97. The van der Waals surface area contributed by atoms with Gasteiger partial charge in [-0.2, -0.15) is 0 Å². The summed E-state index contributed by atoms with van der Waals surface area (Å²) in [5.41, 5.74) is 0.245. The molecule has 0 saturated carbocycles. The lowest BCUT2D eigenvalue weighted by Gasteiger charge is -1.99. The van der Waals surface area contributed by atoms with Gasteiger partial charge in [0, 0.05) is 0 Å². The van der Waals surface area contributed by atoms with E-state index in [1.54, 1.807) is 6.92 Å². The lowest BCUT2D eigenvalue weighted by molar-refractivity contribution is 0.594. The van der Waals surface area contributed by atoms with Crippen molar-refractivity contribution in [1.82, 2.24) is 9.97 Å². The van der Waals surface area contributed by atoms with Gasteiger partial charge in [0.15, 0.2) is 11.0 Å². The zero-order valence-electron chi connectivity index (χ0n) is 5.74. The van der Waals surface area contributed by atoms with E-state index < -0.39 is 5.82 Å². The van der Waals surface area contributed by atoms with Gasteiger partial charge in [0.05, 0.1) is 5.69 Å². The van der Waals surface area contributed by atoms with Gasteiger partial charge in [-0.3, -0.25) is 0 Å². The first kappa shape index (κ1) is 8.68. The second-order valence-corrected chi connectivity index (χ2v) is 2.59. The molecule has 11 heavy (non-hydrogen) atoms. The molecule has 0 aromatic carbocycles. The third-order valence-corrected chi connectivity index (χ3v) is 1.61. The van der Waals surface area contributed by atoms with Crippen molar-refractivity contribution in [2.45, 2.75) is 13.3 Å². The molecular formula is C6H5Cl2FN2. The van der Waals surface area contributed by atoms with Crippen LogP contribution in [-0.4, -0.2) is 9.97 Å². The second kappa shape index (κ2) is 3.32. The van der Waals surface area contributed by atoms with E-state index in [0.717, 1.165) is 0 Å². The van der Waals surface area contributed by atoms with Gasteiger partial charge in [0.2, 0.25) is 5.28 Å². The highest BCUT2D eigenvalue weighted by Crippen LogP contribution is 2.16. The molecule has 1 aromatic heterocycles. The summed E-state index contributed by atoms with van der Waals surface area (Å²) in [6.45, 7) is 1.76. The van der Waals surface area contributed by atoms with E-state index >= 15 is 0 Å². The fourth-order valence-corrected chi connectivity index (χ4v) is 1.09. The molecule has 0 spiro atoms. The van der Waals surface area contributed by atoms with Gasteiger partial charge < -0.3 is 0 Å². The molecule has 5 heteroatoms. The highest BCUT2D eigenvalue weighted by atomic mass is 35.5. The molecule has 1 aromatic rings. The predicted octanol–water partition coefficient (Wildman–Crippen LogP) is 2.48. The molecule has 0 bridgehead atoms. The van der Waals surface area contributed by atoms with Crippen LogP contribution < -0.4 is 0 Å². The van der Waals surface area contributed by atoms with Crippen LogP contribution in [0.3, 0.4) is 0 Å². The summed E-state index contributed by atoms with van der Waals surface area (Å²) in [6, 6.07) is 0. The molecule has 60 valence electrons. The smallest absolute Gasteiger partial charge is 0.220 e. The van der Waals surface area contributed by atoms with Crippen molar-refractivity contribution in [2.24, 2.45) is 0 Å². The summed E-state index contributed by atoms with van der Waals surface area (Å²) >= 11 is 10.8. The van der Waals surface area contributed by atoms with E-state index in [4.69, 9.17) is 23.2 Å². The van der Waals surface area contributed by atoms with Crippen LogP contribution in [0, 0.1) is 5.82 Å². The molecular weight excluding hydrogens is 190 g/mol. The molecule has 1 heterocycles. The van der Waals surface area contributed by atoms with Gasteiger partial charge >= 0.3 is 0 Å². The van der Waals surface area contributed by atoms with Gasteiger partial charge in [-0.1, -0.05) is 18.5 Å². The fourth-order valence-electron chi connectivity index (χ4n) is 0.669. The molecule has 0 unspecified atom stereocenters. The number of nitrogens with zero attached hydrogens (tertiary/aromatic N) is 2. The Morgan fingerprint density at radius 2 is 2.00 bits per heavy atom.